The topological polar surface area (TPSA) is 88.7 Å². The summed E-state index contributed by atoms with van der Waals surface area (Å²) < 4.78 is 88.2. The maximum absolute atomic E-state index is 15.9. The largest absolute Gasteiger partial charge is 0.417 e. The lowest BCUT2D eigenvalue weighted by Gasteiger charge is -2.44. The number of anilines is 2. The van der Waals surface area contributed by atoms with Gasteiger partial charge in [-0.1, -0.05) is 19.3 Å². The predicted octanol–water partition coefficient (Wildman–Crippen LogP) is 6.66. The Kier molecular flexibility index (Phi) is 9.95. The van der Waals surface area contributed by atoms with Crippen LogP contribution in [-0.2, 0) is 6.18 Å². The number of amides is 2. The molecule has 1 aliphatic carbocycles. The van der Waals surface area contributed by atoms with Crippen LogP contribution in [0.25, 0.3) is 11.1 Å². The van der Waals surface area contributed by atoms with Gasteiger partial charge in [0.2, 0.25) is 5.56 Å². The molecule has 0 unspecified atom stereocenters. The highest BCUT2D eigenvalue weighted by atomic mass is 19.4. The first kappa shape index (κ1) is 35.0. The molecule has 0 radical (unpaired) electrons. The monoisotopic (exact) mass is 677 g/mol. The number of H-pyrrole nitrogens is 1. The number of alkyl halides is 3. The Labute approximate surface area is 273 Å². The van der Waals surface area contributed by atoms with Gasteiger partial charge in [-0.3, -0.25) is 19.3 Å². The second kappa shape index (κ2) is 13.7. The molecule has 1 saturated carbocycles. The molecule has 1 aliphatic heterocycles. The number of aromatic amines is 1. The molecule has 2 N–H and O–H groups in total. The molecule has 0 spiro atoms. The van der Waals surface area contributed by atoms with Crippen molar-refractivity contribution in [2.24, 2.45) is 0 Å². The van der Waals surface area contributed by atoms with Crippen LogP contribution >= 0.6 is 0 Å². The number of likely N-dealkylation sites (N-methyl/N-ethyl adjacent to an activating group) is 1. The fourth-order valence-electron chi connectivity index (χ4n) is 6.57. The lowest BCUT2D eigenvalue weighted by Crippen LogP contribution is -2.55. The van der Waals surface area contributed by atoms with Crippen molar-refractivity contribution in [3.8, 4) is 11.1 Å². The standard InChI is InChI=1S/C34H37F6N5O3/c1-18-16-45(17-19(2)43(18)3)29-14-25(35)22(12-28(29)42-32(47)23-15-41-30(46)13-24(23)34(38,39)40)20-10-26(36)31(27(37)11-20)33(48)44(4)21-8-6-5-7-9-21/h10-15,18-19,21H,5-9,16-17H2,1-4H3,(H,41,46)(H,42,47)/t18-,19+. The number of rotatable bonds is 6. The fraction of sp³-hybridized carbons (Fsp3) is 0.441. The third-order valence-corrected chi connectivity index (χ3v) is 9.52. The third-order valence-electron chi connectivity index (χ3n) is 9.52. The minimum absolute atomic E-state index is 0.0314. The van der Waals surface area contributed by atoms with E-state index < -0.39 is 57.7 Å². The van der Waals surface area contributed by atoms with Crippen LogP contribution in [0.15, 0.2) is 41.3 Å². The Morgan fingerprint density at radius 2 is 1.52 bits per heavy atom. The summed E-state index contributed by atoms with van der Waals surface area (Å²) in [5.41, 5.74) is -4.86. The molecule has 2 aromatic carbocycles. The number of nitrogens with one attached hydrogen (secondary N) is 2. The van der Waals surface area contributed by atoms with Crippen LogP contribution in [0, 0.1) is 17.5 Å². The average molecular weight is 678 g/mol. The molecule has 2 amide bonds. The quantitative estimate of drug-likeness (QED) is 0.285. The van der Waals surface area contributed by atoms with Crippen LogP contribution < -0.4 is 15.8 Å². The van der Waals surface area contributed by atoms with Gasteiger partial charge in [0.05, 0.1) is 22.5 Å². The van der Waals surface area contributed by atoms with Crippen LogP contribution in [0.1, 0.15) is 72.2 Å². The van der Waals surface area contributed by atoms with E-state index in [2.05, 4.69) is 15.2 Å². The lowest BCUT2D eigenvalue weighted by atomic mass is 9.93. The highest BCUT2D eigenvalue weighted by molar-refractivity contribution is 6.07. The first-order valence-electron chi connectivity index (χ1n) is 15.7. The Hall–Kier alpha value is -4.33. The van der Waals surface area contributed by atoms with Crippen LogP contribution in [0.3, 0.4) is 0 Å². The summed E-state index contributed by atoms with van der Waals surface area (Å²) in [6, 6.07) is 3.82. The van der Waals surface area contributed by atoms with Crippen molar-refractivity contribution < 1.29 is 35.9 Å². The molecular weight excluding hydrogens is 640 g/mol. The molecule has 8 nitrogen and oxygen atoms in total. The van der Waals surface area contributed by atoms with E-state index in [4.69, 9.17) is 0 Å². The summed E-state index contributed by atoms with van der Waals surface area (Å²) >= 11 is 0. The molecule has 2 aliphatic rings. The number of nitrogens with zero attached hydrogens (tertiary/aromatic N) is 3. The van der Waals surface area contributed by atoms with E-state index >= 15 is 13.2 Å². The Balaban J connectivity index is 1.57. The number of hydrogen-bond acceptors (Lipinski definition) is 5. The second-order valence-corrected chi connectivity index (χ2v) is 12.7. The molecule has 1 saturated heterocycles. The molecule has 2 atom stereocenters. The minimum atomic E-state index is -5.04. The minimum Gasteiger partial charge on any atom is -0.367 e. The first-order valence-corrected chi connectivity index (χ1v) is 15.7. The van der Waals surface area contributed by atoms with Crippen molar-refractivity contribution in [3.05, 3.63) is 81.0 Å². The number of halogens is 6. The normalized spacial score (nSPS) is 19.3. The maximum Gasteiger partial charge on any atom is 0.417 e. The van der Waals surface area contributed by atoms with E-state index in [1.54, 1.807) is 4.90 Å². The highest BCUT2D eigenvalue weighted by Crippen LogP contribution is 2.38. The molecule has 5 rings (SSSR count). The van der Waals surface area contributed by atoms with Crippen molar-refractivity contribution in [3.63, 3.8) is 0 Å². The van der Waals surface area contributed by atoms with Crippen molar-refractivity contribution >= 4 is 23.2 Å². The van der Waals surface area contributed by atoms with Crippen LogP contribution in [0.5, 0.6) is 0 Å². The van der Waals surface area contributed by atoms with Gasteiger partial charge in [-0.05, 0) is 63.6 Å². The predicted molar refractivity (Wildman–Crippen MR) is 170 cm³/mol. The van der Waals surface area contributed by atoms with Gasteiger partial charge in [0, 0.05) is 56.1 Å². The average Bonchev–Trinajstić information content (AvgIpc) is 3.03. The zero-order valence-electron chi connectivity index (χ0n) is 27.0. The van der Waals surface area contributed by atoms with Crippen molar-refractivity contribution in [1.29, 1.82) is 0 Å². The van der Waals surface area contributed by atoms with Crippen LogP contribution in [0.2, 0.25) is 0 Å². The van der Waals surface area contributed by atoms with E-state index in [9.17, 15) is 27.6 Å². The van der Waals surface area contributed by atoms with E-state index in [0.29, 0.717) is 32.1 Å². The molecule has 1 aromatic heterocycles. The number of piperazine rings is 1. The number of carbonyl (C=O) groups is 2. The van der Waals surface area contributed by atoms with Crippen molar-refractivity contribution in [2.75, 3.05) is 37.4 Å². The van der Waals surface area contributed by atoms with E-state index in [0.717, 1.165) is 43.5 Å². The molecule has 48 heavy (non-hydrogen) atoms. The number of pyridine rings is 1. The molecule has 2 fully saturated rings. The van der Waals surface area contributed by atoms with Gasteiger partial charge >= 0.3 is 6.18 Å². The van der Waals surface area contributed by atoms with Gasteiger partial charge in [-0.25, -0.2) is 13.2 Å². The molecule has 2 heterocycles. The molecule has 0 bridgehead atoms. The van der Waals surface area contributed by atoms with Crippen molar-refractivity contribution in [1.82, 2.24) is 14.8 Å². The molecule has 3 aromatic rings. The number of benzene rings is 2. The SMILES string of the molecule is C[C@@H]1CN(c2cc(F)c(-c3cc(F)c(C(=O)N(C)C4CCCCC4)c(F)c3)cc2NC(=O)c2c[nH]c(=O)cc2C(F)(F)F)C[C@H](C)N1C. The summed E-state index contributed by atoms with van der Waals surface area (Å²) in [6.07, 6.45) is -0.176. The number of hydrogen-bond donors (Lipinski definition) is 2. The van der Waals surface area contributed by atoms with E-state index in [1.807, 2.05) is 20.9 Å². The zero-order chi connectivity index (χ0) is 35.1. The summed E-state index contributed by atoms with van der Waals surface area (Å²) in [6.45, 7) is 4.59. The van der Waals surface area contributed by atoms with Gasteiger partial charge in [-0.2, -0.15) is 13.2 Å². The van der Waals surface area contributed by atoms with Crippen molar-refractivity contribution in [2.45, 2.75) is 70.3 Å². The smallest absolute Gasteiger partial charge is 0.367 e. The summed E-state index contributed by atoms with van der Waals surface area (Å²) in [5, 5.41) is 2.41. The third kappa shape index (κ3) is 7.08. The van der Waals surface area contributed by atoms with Crippen LogP contribution in [0.4, 0.5) is 37.7 Å². The van der Waals surface area contributed by atoms with Gasteiger partial charge in [0.25, 0.3) is 11.8 Å². The Morgan fingerprint density at radius 1 is 0.917 bits per heavy atom. The van der Waals surface area contributed by atoms with Gasteiger partial charge in [0.15, 0.2) is 0 Å². The van der Waals surface area contributed by atoms with E-state index in [1.165, 1.54) is 11.9 Å². The fourth-order valence-corrected chi connectivity index (χ4v) is 6.57. The van der Waals surface area contributed by atoms with Crippen LogP contribution in [-0.4, -0.2) is 71.9 Å². The molecule has 14 heteroatoms. The summed E-state index contributed by atoms with van der Waals surface area (Å²) in [4.78, 5) is 45.4. The molecule has 258 valence electrons. The Bertz CT molecular complexity index is 1740. The molecular formula is C34H37F6N5O3. The second-order valence-electron chi connectivity index (χ2n) is 12.7. The summed E-state index contributed by atoms with van der Waals surface area (Å²) in [7, 11) is 3.41. The maximum atomic E-state index is 15.9. The first-order chi connectivity index (χ1) is 22.6. The number of aromatic nitrogens is 1. The number of carbonyl (C=O) groups excluding carboxylic acids is 2. The highest BCUT2D eigenvalue weighted by Gasteiger charge is 2.37. The zero-order valence-corrected chi connectivity index (χ0v) is 27.0. The van der Waals surface area contributed by atoms with Gasteiger partial charge in [0.1, 0.15) is 23.0 Å². The van der Waals surface area contributed by atoms with E-state index in [-0.39, 0.29) is 46.7 Å². The van der Waals surface area contributed by atoms with Gasteiger partial charge in [-0.15, -0.1) is 0 Å². The van der Waals surface area contributed by atoms with Gasteiger partial charge < -0.3 is 20.1 Å². The summed E-state index contributed by atoms with van der Waals surface area (Å²) in [5.74, 6) is -5.43. The Morgan fingerprint density at radius 3 is 2.10 bits per heavy atom. The lowest BCUT2D eigenvalue weighted by molar-refractivity contribution is -0.138.